The second-order valence-electron chi connectivity index (χ2n) is 6.90. The lowest BCUT2D eigenvalue weighted by atomic mass is 10.0. The van der Waals surface area contributed by atoms with Gasteiger partial charge in [0.25, 0.3) is 5.91 Å². The van der Waals surface area contributed by atoms with Crippen LogP contribution in [0, 0.1) is 6.92 Å². The summed E-state index contributed by atoms with van der Waals surface area (Å²) in [5.41, 5.74) is 2.21. The van der Waals surface area contributed by atoms with Gasteiger partial charge in [0.2, 0.25) is 0 Å². The van der Waals surface area contributed by atoms with Gasteiger partial charge in [0, 0.05) is 10.9 Å². The van der Waals surface area contributed by atoms with E-state index in [0.29, 0.717) is 18.3 Å². The molecule has 3 aromatic rings. The fourth-order valence-electron chi connectivity index (χ4n) is 2.81. The van der Waals surface area contributed by atoms with E-state index in [2.05, 4.69) is 42.5 Å². The van der Waals surface area contributed by atoms with E-state index >= 15 is 0 Å². The highest BCUT2D eigenvalue weighted by Crippen LogP contribution is 2.28. The first-order valence-electron chi connectivity index (χ1n) is 9.06. The first-order chi connectivity index (χ1) is 12.9. The van der Waals surface area contributed by atoms with Crippen molar-refractivity contribution in [2.45, 2.75) is 46.3 Å². The van der Waals surface area contributed by atoms with Crippen LogP contribution in [-0.4, -0.2) is 21.8 Å². The minimum atomic E-state index is -0.616. The largest absolute Gasteiger partial charge is 0.481 e. The quantitative estimate of drug-likeness (QED) is 0.636. The van der Waals surface area contributed by atoms with Gasteiger partial charge in [0.05, 0.1) is 12.7 Å². The molecule has 1 aromatic carbocycles. The van der Waals surface area contributed by atoms with Gasteiger partial charge >= 0.3 is 0 Å². The molecular formula is C21H25N3O2S. The van der Waals surface area contributed by atoms with Crippen LogP contribution in [0.4, 0.5) is 5.82 Å². The molecule has 1 atom stereocenters. The lowest BCUT2D eigenvalue weighted by Gasteiger charge is -2.19. The van der Waals surface area contributed by atoms with Gasteiger partial charge in [-0.15, -0.1) is 11.3 Å². The van der Waals surface area contributed by atoms with Gasteiger partial charge in [-0.05, 0) is 48.4 Å². The molecule has 0 radical (unpaired) electrons. The average molecular weight is 384 g/mol. The summed E-state index contributed by atoms with van der Waals surface area (Å²) < 4.78 is 7.78. The summed E-state index contributed by atoms with van der Waals surface area (Å²) in [6.07, 6.45) is 1.07. The van der Waals surface area contributed by atoms with Crippen molar-refractivity contribution in [3.05, 3.63) is 64.0 Å². The fourth-order valence-corrected chi connectivity index (χ4v) is 3.49. The number of carbonyl (C=O) groups is 1. The summed E-state index contributed by atoms with van der Waals surface area (Å²) in [4.78, 5) is 13.8. The van der Waals surface area contributed by atoms with Crippen molar-refractivity contribution in [3.63, 3.8) is 0 Å². The molecule has 0 fully saturated rings. The molecule has 27 heavy (non-hydrogen) atoms. The van der Waals surface area contributed by atoms with E-state index < -0.39 is 6.10 Å². The molecule has 0 saturated carbocycles. The van der Waals surface area contributed by atoms with Crippen LogP contribution in [0.5, 0.6) is 5.75 Å². The normalized spacial score (nSPS) is 12.2. The molecule has 0 aliphatic rings. The Labute approximate surface area is 164 Å². The first kappa shape index (κ1) is 19.2. The lowest BCUT2D eigenvalue weighted by Crippen LogP contribution is -2.31. The van der Waals surface area contributed by atoms with Crippen molar-refractivity contribution in [1.82, 2.24) is 9.78 Å². The summed E-state index contributed by atoms with van der Waals surface area (Å²) in [5.74, 6) is 1.55. The fraction of sp³-hybridized carbons (Fsp3) is 0.333. The van der Waals surface area contributed by atoms with Crippen LogP contribution >= 0.6 is 11.3 Å². The molecule has 142 valence electrons. The Kier molecular flexibility index (Phi) is 5.96. The highest BCUT2D eigenvalue weighted by atomic mass is 32.1. The van der Waals surface area contributed by atoms with E-state index in [9.17, 15) is 4.79 Å². The van der Waals surface area contributed by atoms with Gasteiger partial charge in [0.15, 0.2) is 6.10 Å². The maximum Gasteiger partial charge on any atom is 0.266 e. The van der Waals surface area contributed by atoms with Gasteiger partial charge in [-0.1, -0.05) is 32.0 Å². The van der Waals surface area contributed by atoms with Crippen LogP contribution in [0.2, 0.25) is 0 Å². The third kappa shape index (κ3) is 4.77. The van der Waals surface area contributed by atoms with Crippen LogP contribution in [-0.2, 0) is 11.3 Å². The topological polar surface area (TPSA) is 56.1 Å². The van der Waals surface area contributed by atoms with Crippen LogP contribution in [0.15, 0.2) is 48.0 Å². The third-order valence-electron chi connectivity index (χ3n) is 4.32. The Morgan fingerprint density at radius 3 is 2.78 bits per heavy atom. The zero-order valence-corrected chi connectivity index (χ0v) is 16.9. The minimum absolute atomic E-state index is 0.195. The average Bonchev–Trinajstić information content (AvgIpc) is 3.27. The van der Waals surface area contributed by atoms with Crippen LogP contribution in [0.1, 0.15) is 42.7 Å². The predicted molar refractivity (Wildman–Crippen MR) is 110 cm³/mol. The van der Waals surface area contributed by atoms with E-state index in [1.807, 2.05) is 24.4 Å². The van der Waals surface area contributed by atoms with Crippen LogP contribution < -0.4 is 10.1 Å². The molecule has 0 aliphatic carbocycles. The first-order valence-corrected chi connectivity index (χ1v) is 9.94. The molecule has 0 spiro atoms. The molecule has 3 rings (SSSR count). The highest BCUT2D eigenvalue weighted by Gasteiger charge is 2.19. The van der Waals surface area contributed by atoms with E-state index in [-0.39, 0.29) is 5.91 Å². The van der Waals surface area contributed by atoms with Crippen molar-refractivity contribution in [2.24, 2.45) is 0 Å². The van der Waals surface area contributed by atoms with Gasteiger partial charge < -0.3 is 10.1 Å². The molecular weight excluding hydrogens is 358 g/mol. The lowest BCUT2D eigenvalue weighted by molar-refractivity contribution is -0.122. The zero-order chi connectivity index (χ0) is 19.4. The maximum atomic E-state index is 12.7. The third-order valence-corrected chi connectivity index (χ3v) is 5.18. The second-order valence-corrected chi connectivity index (χ2v) is 7.93. The number of nitrogens with zero attached hydrogens (tertiary/aromatic N) is 2. The number of anilines is 1. The minimum Gasteiger partial charge on any atom is -0.481 e. The Balaban J connectivity index is 1.69. The van der Waals surface area contributed by atoms with E-state index in [1.165, 1.54) is 4.88 Å². The number of thiophene rings is 1. The number of aromatic nitrogens is 2. The molecule has 2 aromatic heterocycles. The van der Waals surface area contributed by atoms with Gasteiger partial charge in [-0.25, -0.2) is 4.68 Å². The Morgan fingerprint density at radius 2 is 2.07 bits per heavy atom. The van der Waals surface area contributed by atoms with Gasteiger partial charge in [-0.3, -0.25) is 4.79 Å². The van der Waals surface area contributed by atoms with Crippen LogP contribution in [0.25, 0.3) is 0 Å². The maximum absolute atomic E-state index is 12.7. The summed E-state index contributed by atoms with van der Waals surface area (Å²) in [6, 6.07) is 12.0. The standard InChI is InChI=1S/C21H25N3O2S/c1-14(2)18-8-7-15(3)12-19(18)26-16(4)21(25)23-20-9-10-22-24(20)13-17-6-5-11-27-17/h5-12,14,16H,13H2,1-4H3,(H,23,25)/t16-/m1/s1. The predicted octanol–water partition coefficient (Wildman–Crippen LogP) is 4.83. The molecule has 1 amide bonds. The van der Waals surface area contributed by atoms with Crippen molar-refractivity contribution < 1.29 is 9.53 Å². The molecule has 0 aliphatic heterocycles. The van der Waals surface area contributed by atoms with Gasteiger partial charge in [0.1, 0.15) is 11.6 Å². The molecule has 0 saturated heterocycles. The number of carbonyl (C=O) groups excluding carboxylic acids is 1. The Bertz CT molecular complexity index is 900. The Morgan fingerprint density at radius 1 is 1.26 bits per heavy atom. The molecule has 0 bridgehead atoms. The number of rotatable bonds is 7. The number of benzene rings is 1. The monoisotopic (exact) mass is 383 g/mol. The van der Waals surface area contributed by atoms with Crippen molar-refractivity contribution in [2.75, 3.05) is 5.32 Å². The second kappa shape index (κ2) is 8.39. The number of ether oxygens (including phenoxy) is 1. The number of hydrogen-bond acceptors (Lipinski definition) is 4. The zero-order valence-electron chi connectivity index (χ0n) is 16.1. The summed E-state index contributed by atoms with van der Waals surface area (Å²) >= 11 is 1.66. The molecule has 1 N–H and O–H groups in total. The van der Waals surface area contributed by atoms with Crippen molar-refractivity contribution in [1.29, 1.82) is 0 Å². The van der Waals surface area contributed by atoms with E-state index in [4.69, 9.17) is 4.74 Å². The van der Waals surface area contributed by atoms with Crippen molar-refractivity contribution >= 4 is 23.1 Å². The van der Waals surface area contributed by atoms with Crippen LogP contribution in [0.3, 0.4) is 0 Å². The SMILES string of the molecule is Cc1ccc(C(C)C)c(O[C@H](C)C(=O)Nc2ccnn2Cc2cccs2)c1. The number of hydrogen-bond donors (Lipinski definition) is 1. The number of aryl methyl sites for hydroxylation is 1. The van der Waals surface area contributed by atoms with Gasteiger partial charge in [-0.2, -0.15) is 5.10 Å². The number of amides is 1. The van der Waals surface area contributed by atoms with Crippen molar-refractivity contribution in [3.8, 4) is 5.75 Å². The Hall–Kier alpha value is -2.60. The smallest absolute Gasteiger partial charge is 0.266 e. The molecule has 0 unspecified atom stereocenters. The molecule has 6 heteroatoms. The highest BCUT2D eigenvalue weighted by molar-refractivity contribution is 7.09. The molecule has 2 heterocycles. The summed E-state index contributed by atoms with van der Waals surface area (Å²) in [7, 11) is 0. The summed E-state index contributed by atoms with van der Waals surface area (Å²) in [5, 5.41) is 9.26. The van der Waals surface area contributed by atoms with E-state index in [0.717, 1.165) is 16.9 Å². The number of nitrogens with one attached hydrogen (secondary N) is 1. The van der Waals surface area contributed by atoms with E-state index in [1.54, 1.807) is 35.2 Å². The summed E-state index contributed by atoms with van der Waals surface area (Å²) in [6.45, 7) is 8.65. The molecule has 5 nitrogen and oxygen atoms in total.